The van der Waals surface area contributed by atoms with Crippen molar-refractivity contribution >= 4 is 5.95 Å². The molecule has 5 nitrogen and oxygen atoms in total. The minimum absolute atomic E-state index is 0.228. The van der Waals surface area contributed by atoms with E-state index in [2.05, 4.69) is 27.0 Å². The number of nitrogen functional groups attached to an aromatic ring is 1. The summed E-state index contributed by atoms with van der Waals surface area (Å²) >= 11 is 0. The zero-order valence-corrected chi connectivity index (χ0v) is 15.2. The van der Waals surface area contributed by atoms with Crippen LogP contribution < -0.4 is 10.5 Å². The van der Waals surface area contributed by atoms with Crippen LogP contribution in [0.5, 0.6) is 5.75 Å². The van der Waals surface area contributed by atoms with Crippen molar-refractivity contribution in [2.45, 2.75) is 19.5 Å². The Labute approximate surface area is 157 Å². The van der Waals surface area contributed by atoms with Crippen LogP contribution >= 0.6 is 0 Å². The lowest BCUT2D eigenvalue weighted by Gasteiger charge is -2.29. The SMILES string of the molecule is COc1cc(F)ccc1-c1nc(N)nc2c1CN(Cc1ccccc1)CC2. The molecular weight excluding hydrogens is 343 g/mol. The van der Waals surface area contributed by atoms with Gasteiger partial charge in [0, 0.05) is 43.2 Å². The average Bonchev–Trinajstić information content (AvgIpc) is 2.68. The van der Waals surface area contributed by atoms with E-state index >= 15 is 0 Å². The summed E-state index contributed by atoms with van der Waals surface area (Å²) in [5.41, 5.74) is 10.6. The predicted molar refractivity (Wildman–Crippen MR) is 103 cm³/mol. The topological polar surface area (TPSA) is 64.3 Å². The van der Waals surface area contributed by atoms with Crippen LogP contribution in [0.1, 0.15) is 16.8 Å². The number of methoxy groups -OCH3 is 1. The maximum Gasteiger partial charge on any atom is 0.220 e. The minimum atomic E-state index is -0.350. The molecule has 0 bridgehead atoms. The molecule has 0 aliphatic carbocycles. The van der Waals surface area contributed by atoms with Crippen LogP contribution in [0.15, 0.2) is 48.5 Å². The van der Waals surface area contributed by atoms with E-state index in [1.165, 1.54) is 24.8 Å². The zero-order chi connectivity index (χ0) is 18.8. The van der Waals surface area contributed by atoms with Crippen molar-refractivity contribution in [1.29, 1.82) is 0 Å². The third-order valence-corrected chi connectivity index (χ3v) is 4.82. The van der Waals surface area contributed by atoms with Crippen molar-refractivity contribution in [2.24, 2.45) is 0 Å². The number of halogens is 1. The van der Waals surface area contributed by atoms with Gasteiger partial charge in [-0.1, -0.05) is 30.3 Å². The summed E-state index contributed by atoms with van der Waals surface area (Å²) in [5.74, 6) is 0.319. The molecule has 0 fully saturated rings. The van der Waals surface area contributed by atoms with Crippen molar-refractivity contribution in [1.82, 2.24) is 14.9 Å². The Morgan fingerprint density at radius 3 is 2.74 bits per heavy atom. The average molecular weight is 364 g/mol. The van der Waals surface area contributed by atoms with Crippen LogP contribution in [0.3, 0.4) is 0 Å². The smallest absolute Gasteiger partial charge is 0.220 e. The van der Waals surface area contributed by atoms with Crippen molar-refractivity contribution < 1.29 is 9.13 Å². The molecule has 3 aromatic rings. The summed E-state index contributed by atoms with van der Waals surface area (Å²) in [7, 11) is 1.52. The molecule has 0 amide bonds. The van der Waals surface area contributed by atoms with Gasteiger partial charge in [-0.3, -0.25) is 4.90 Å². The molecule has 6 heteroatoms. The van der Waals surface area contributed by atoms with Crippen molar-refractivity contribution in [3.63, 3.8) is 0 Å². The van der Waals surface area contributed by atoms with Crippen molar-refractivity contribution in [3.8, 4) is 17.0 Å². The summed E-state index contributed by atoms with van der Waals surface area (Å²) in [6, 6.07) is 14.8. The first-order valence-corrected chi connectivity index (χ1v) is 8.89. The molecule has 138 valence electrons. The Balaban J connectivity index is 1.72. The van der Waals surface area contributed by atoms with Gasteiger partial charge in [0.05, 0.1) is 18.5 Å². The number of ether oxygens (including phenoxy) is 1. The number of hydrogen-bond donors (Lipinski definition) is 1. The molecule has 2 N–H and O–H groups in total. The Morgan fingerprint density at radius 1 is 1.15 bits per heavy atom. The van der Waals surface area contributed by atoms with E-state index in [0.717, 1.165) is 36.3 Å². The molecule has 1 aliphatic heterocycles. The first-order valence-electron chi connectivity index (χ1n) is 8.89. The van der Waals surface area contributed by atoms with Gasteiger partial charge in [-0.2, -0.15) is 0 Å². The second-order valence-corrected chi connectivity index (χ2v) is 6.65. The van der Waals surface area contributed by atoms with Gasteiger partial charge in [-0.05, 0) is 17.7 Å². The fraction of sp³-hybridized carbons (Fsp3) is 0.238. The van der Waals surface area contributed by atoms with Crippen LogP contribution in [0, 0.1) is 5.82 Å². The van der Waals surface area contributed by atoms with E-state index in [1.807, 2.05) is 18.2 Å². The standard InChI is InChI=1S/C21H21FN4O/c1-27-19-11-15(22)7-8-16(19)20-17-13-26(12-14-5-3-2-4-6-14)10-9-18(17)24-21(23)25-20/h2-8,11H,9-10,12-13H2,1H3,(H2,23,24,25). The van der Waals surface area contributed by atoms with Crippen LogP contribution in [0.2, 0.25) is 0 Å². The van der Waals surface area contributed by atoms with Gasteiger partial charge in [-0.15, -0.1) is 0 Å². The van der Waals surface area contributed by atoms with Crippen LogP contribution in [-0.4, -0.2) is 28.5 Å². The third kappa shape index (κ3) is 3.61. The van der Waals surface area contributed by atoms with E-state index in [0.29, 0.717) is 18.0 Å². The largest absolute Gasteiger partial charge is 0.496 e. The molecule has 0 saturated carbocycles. The van der Waals surface area contributed by atoms with Gasteiger partial charge in [0.15, 0.2) is 0 Å². The monoisotopic (exact) mass is 364 g/mol. The lowest BCUT2D eigenvalue weighted by Crippen LogP contribution is -2.31. The molecule has 2 heterocycles. The van der Waals surface area contributed by atoms with Gasteiger partial charge in [-0.25, -0.2) is 14.4 Å². The lowest BCUT2D eigenvalue weighted by molar-refractivity contribution is 0.243. The Morgan fingerprint density at radius 2 is 1.96 bits per heavy atom. The maximum atomic E-state index is 13.6. The first kappa shape index (κ1) is 17.4. The van der Waals surface area contributed by atoms with Crippen LogP contribution in [0.25, 0.3) is 11.3 Å². The summed E-state index contributed by atoms with van der Waals surface area (Å²) in [6.07, 6.45) is 0.797. The number of aromatic nitrogens is 2. The third-order valence-electron chi connectivity index (χ3n) is 4.82. The predicted octanol–water partition coefficient (Wildman–Crippen LogP) is 3.43. The molecule has 0 saturated heterocycles. The van der Waals surface area contributed by atoms with Crippen LogP contribution in [0.4, 0.5) is 10.3 Å². The lowest BCUT2D eigenvalue weighted by atomic mass is 9.98. The number of anilines is 1. The number of hydrogen-bond acceptors (Lipinski definition) is 5. The Kier molecular flexibility index (Phi) is 4.73. The summed E-state index contributed by atoms with van der Waals surface area (Å²) in [5, 5.41) is 0. The second-order valence-electron chi connectivity index (χ2n) is 6.65. The Hall–Kier alpha value is -2.99. The molecule has 0 radical (unpaired) electrons. The summed E-state index contributed by atoms with van der Waals surface area (Å²) < 4.78 is 19.0. The quantitative estimate of drug-likeness (QED) is 0.768. The Bertz CT molecular complexity index is 962. The van der Waals surface area contributed by atoms with Gasteiger partial charge in [0.1, 0.15) is 11.6 Å². The molecular formula is C21H21FN4O. The second kappa shape index (κ2) is 7.32. The van der Waals surface area contributed by atoms with Gasteiger partial charge >= 0.3 is 0 Å². The van der Waals surface area contributed by atoms with E-state index < -0.39 is 0 Å². The molecule has 0 unspecified atom stereocenters. The van der Waals surface area contributed by atoms with Crippen molar-refractivity contribution in [2.75, 3.05) is 19.4 Å². The molecule has 1 aliphatic rings. The fourth-order valence-electron chi connectivity index (χ4n) is 3.55. The molecule has 4 rings (SSSR count). The van der Waals surface area contributed by atoms with E-state index in [4.69, 9.17) is 10.5 Å². The van der Waals surface area contributed by atoms with Crippen molar-refractivity contribution in [3.05, 3.63) is 71.2 Å². The maximum absolute atomic E-state index is 13.6. The molecule has 0 atom stereocenters. The van der Waals surface area contributed by atoms with Crippen LogP contribution in [-0.2, 0) is 19.5 Å². The highest BCUT2D eigenvalue weighted by molar-refractivity contribution is 5.71. The number of nitrogens with zero attached hydrogens (tertiary/aromatic N) is 3. The first-order chi connectivity index (χ1) is 13.1. The summed E-state index contributed by atoms with van der Waals surface area (Å²) in [6.45, 7) is 2.46. The fourth-order valence-corrected chi connectivity index (χ4v) is 3.55. The normalized spacial score (nSPS) is 14.0. The zero-order valence-electron chi connectivity index (χ0n) is 15.2. The minimum Gasteiger partial charge on any atom is -0.496 e. The van der Waals surface area contributed by atoms with E-state index in [1.54, 1.807) is 6.07 Å². The van der Waals surface area contributed by atoms with Gasteiger partial charge in [0.2, 0.25) is 5.95 Å². The summed E-state index contributed by atoms with van der Waals surface area (Å²) in [4.78, 5) is 11.3. The van der Waals surface area contributed by atoms with Gasteiger partial charge < -0.3 is 10.5 Å². The number of benzene rings is 2. The molecule has 0 spiro atoms. The highest BCUT2D eigenvalue weighted by Crippen LogP contribution is 2.35. The number of rotatable bonds is 4. The number of fused-ring (bicyclic) bond motifs is 1. The number of nitrogens with two attached hydrogens (primary N) is 1. The highest BCUT2D eigenvalue weighted by atomic mass is 19.1. The highest BCUT2D eigenvalue weighted by Gasteiger charge is 2.24. The van der Waals surface area contributed by atoms with E-state index in [-0.39, 0.29) is 11.8 Å². The molecule has 1 aromatic heterocycles. The van der Waals surface area contributed by atoms with Gasteiger partial charge in [0.25, 0.3) is 0 Å². The molecule has 2 aromatic carbocycles. The molecule has 27 heavy (non-hydrogen) atoms. The van der Waals surface area contributed by atoms with E-state index in [9.17, 15) is 4.39 Å².